The lowest BCUT2D eigenvalue weighted by Crippen LogP contribution is -3.00. The van der Waals surface area contributed by atoms with Crippen LogP contribution in [0.15, 0.2) is 79.1 Å². The Kier molecular flexibility index (Phi) is 6.75. The molecule has 0 fully saturated rings. The number of nitrogens with zero attached hydrogens (tertiary/aromatic N) is 3. The molecule has 2 amide bonds. The van der Waals surface area contributed by atoms with E-state index in [0.717, 1.165) is 16.8 Å². The van der Waals surface area contributed by atoms with Crippen molar-refractivity contribution in [3.05, 3.63) is 95.3 Å². The number of benzene rings is 2. The van der Waals surface area contributed by atoms with Gasteiger partial charge in [-0.15, -0.1) is 0 Å². The van der Waals surface area contributed by atoms with Crippen molar-refractivity contribution in [2.75, 3.05) is 18.5 Å². The number of fused-ring (bicyclic) bond motifs is 1. The fourth-order valence-corrected chi connectivity index (χ4v) is 3.89. The Balaban J connectivity index is 0.00000256. The van der Waals surface area contributed by atoms with E-state index < -0.39 is 6.04 Å². The standard InChI is InChI=1S/C23H21ClN3O2.ClH/c1-25-20-11-10-18(24)14-19(20)23(17-8-4-2-5-9-17)27(16-21(25)28)22(29)15-26-12-6-3-7-13-26;/h2-14,23H,15-16H2,1H3;1H/q+1;/p-1. The molecule has 5 nitrogen and oxygen atoms in total. The van der Waals surface area contributed by atoms with Crippen molar-refractivity contribution in [1.82, 2.24) is 4.90 Å². The highest BCUT2D eigenvalue weighted by Gasteiger charge is 2.36. The summed E-state index contributed by atoms with van der Waals surface area (Å²) in [7, 11) is 1.73. The van der Waals surface area contributed by atoms with Gasteiger partial charge in [-0.2, -0.15) is 4.57 Å². The number of carbonyl (C=O) groups is 2. The van der Waals surface area contributed by atoms with Crippen LogP contribution in [0.2, 0.25) is 5.02 Å². The highest BCUT2D eigenvalue weighted by molar-refractivity contribution is 6.30. The smallest absolute Gasteiger partial charge is 0.289 e. The molecule has 7 heteroatoms. The first kappa shape index (κ1) is 21.8. The molecular weight excluding hydrogens is 421 g/mol. The molecule has 1 aliphatic rings. The number of likely N-dealkylation sites (N-methyl/N-ethyl adjacent to an activating group) is 1. The van der Waals surface area contributed by atoms with Gasteiger partial charge in [0.05, 0.1) is 6.04 Å². The molecule has 0 N–H and O–H groups in total. The molecule has 0 saturated heterocycles. The maximum Gasteiger partial charge on any atom is 0.289 e. The number of pyridine rings is 1. The van der Waals surface area contributed by atoms with Gasteiger partial charge in [0.2, 0.25) is 12.5 Å². The SMILES string of the molecule is CN1C(=O)CN(C(=O)C[n+]2ccccc2)C(c2ccccc2)c2cc(Cl)ccc21.[Cl-]. The van der Waals surface area contributed by atoms with E-state index in [0.29, 0.717) is 5.02 Å². The van der Waals surface area contributed by atoms with Crippen LogP contribution in [-0.2, 0) is 16.1 Å². The Hall–Kier alpha value is -2.89. The molecule has 2 heterocycles. The topological polar surface area (TPSA) is 44.5 Å². The van der Waals surface area contributed by atoms with Gasteiger partial charge in [-0.1, -0.05) is 48.0 Å². The number of carbonyl (C=O) groups excluding carboxylic acids is 2. The van der Waals surface area contributed by atoms with E-state index in [2.05, 4.69) is 0 Å². The maximum atomic E-state index is 13.4. The molecule has 0 spiro atoms. The number of halogens is 2. The highest BCUT2D eigenvalue weighted by Crippen LogP contribution is 2.38. The Labute approximate surface area is 186 Å². The molecule has 30 heavy (non-hydrogen) atoms. The van der Waals surface area contributed by atoms with Gasteiger partial charge in [0.25, 0.3) is 5.91 Å². The fraction of sp³-hybridized carbons (Fsp3) is 0.174. The summed E-state index contributed by atoms with van der Waals surface area (Å²) in [6.07, 6.45) is 3.68. The zero-order valence-electron chi connectivity index (χ0n) is 16.4. The number of amides is 2. The predicted molar refractivity (Wildman–Crippen MR) is 111 cm³/mol. The van der Waals surface area contributed by atoms with Crippen molar-refractivity contribution in [3.8, 4) is 0 Å². The molecule has 1 aliphatic heterocycles. The van der Waals surface area contributed by atoms with E-state index in [4.69, 9.17) is 11.6 Å². The van der Waals surface area contributed by atoms with Gasteiger partial charge in [-0.3, -0.25) is 9.59 Å². The second kappa shape index (κ2) is 9.28. The van der Waals surface area contributed by atoms with Crippen LogP contribution >= 0.6 is 11.6 Å². The third-order valence-electron chi connectivity index (χ3n) is 5.17. The van der Waals surface area contributed by atoms with Crippen LogP contribution in [0, 0.1) is 0 Å². The number of rotatable bonds is 3. The van der Waals surface area contributed by atoms with Gasteiger partial charge < -0.3 is 22.2 Å². The molecular formula is C23H21Cl2N3O2. The number of hydrogen-bond acceptors (Lipinski definition) is 2. The van der Waals surface area contributed by atoms with E-state index in [-0.39, 0.29) is 37.3 Å². The number of anilines is 1. The van der Waals surface area contributed by atoms with Gasteiger partial charge in [0.1, 0.15) is 6.54 Å². The molecule has 154 valence electrons. The predicted octanol–water partition coefficient (Wildman–Crippen LogP) is 0.226. The lowest BCUT2D eigenvalue weighted by atomic mass is 9.95. The summed E-state index contributed by atoms with van der Waals surface area (Å²) in [5.74, 6) is -0.275. The first-order valence-electron chi connectivity index (χ1n) is 9.39. The maximum absolute atomic E-state index is 13.4. The van der Waals surface area contributed by atoms with E-state index in [1.165, 1.54) is 0 Å². The molecule has 1 aromatic heterocycles. The lowest BCUT2D eigenvalue weighted by molar-refractivity contribution is -0.685. The summed E-state index contributed by atoms with van der Waals surface area (Å²) >= 11 is 6.31. The molecule has 3 aromatic rings. The Morgan fingerprint density at radius 1 is 1.07 bits per heavy atom. The van der Waals surface area contributed by atoms with Gasteiger partial charge in [-0.05, 0) is 23.8 Å². The summed E-state index contributed by atoms with van der Waals surface area (Å²) in [4.78, 5) is 29.5. The van der Waals surface area contributed by atoms with E-state index >= 15 is 0 Å². The molecule has 0 radical (unpaired) electrons. The number of aromatic nitrogens is 1. The molecule has 0 saturated carbocycles. The first-order chi connectivity index (χ1) is 14.0. The first-order valence-corrected chi connectivity index (χ1v) is 9.77. The van der Waals surface area contributed by atoms with Crippen molar-refractivity contribution < 1.29 is 26.6 Å². The second-order valence-electron chi connectivity index (χ2n) is 7.04. The van der Waals surface area contributed by atoms with Gasteiger partial charge >= 0.3 is 0 Å². The summed E-state index contributed by atoms with van der Waals surface area (Å²) in [6, 6.07) is 20.4. The van der Waals surface area contributed by atoms with Crippen molar-refractivity contribution in [2.45, 2.75) is 12.6 Å². The van der Waals surface area contributed by atoms with Crippen LogP contribution in [0.1, 0.15) is 17.2 Å². The normalized spacial score (nSPS) is 15.8. The lowest BCUT2D eigenvalue weighted by Gasteiger charge is -2.29. The van der Waals surface area contributed by atoms with Crippen LogP contribution in [0.25, 0.3) is 0 Å². The summed E-state index contributed by atoms with van der Waals surface area (Å²) < 4.78 is 1.81. The quantitative estimate of drug-likeness (QED) is 0.546. The Morgan fingerprint density at radius 2 is 1.73 bits per heavy atom. The van der Waals surface area contributed by atoms with Crippen molar-refractivity contribution in [3.63, 3.8) is 0 Å². The zero-order valence-corrected chi connectivity index (χ0v) is 17.9. The highest BCUT2D eigenvalue weighted by atomic mass is 35.5. The van der Waals surface area contributed by atoms with Crippen LogP contribution in [0.4, 0.5) is 5.69 Å². The largest absolute Gasteiger partial charge is 1.00 e. The molecule has 0 aliphatic carbocycles. The minimum absolute atomic E-state index is 0. The minimum atomic E-state index is -0.407. The van der Waals surface area contributed by atoms with E-state index in [9.17, 15) is 9.59 Å². The second-order valence-corrected chi connectivity index (χ2v) is 7.48. The summed E-state index contributed by atoms with van der Waals surface area (Å²) in [5.41, 5.74) is 2.53. The third-order valence-corrected chi connectivity index (χ3v) is 5.40. The van der Waals surface area contributed by atoms with Crippen molar-refractivity contribution >= 4 is 29.1 Å². The average molecular weight is 442 g/mol. The zero-order chi connectivity index (χ0) is 20.4. The van der Waals surface area contributed by atoms with Crippen LogP contribution < -0.4 is 21.9 Å². The molecule has 4 rings (SSSR count). The molecule has 2 aromatic carbocycles. The molecule has 0 bridgehead atoms. The van der Waals surface area contributed by atoms with Crippen LogP contribution in [-0.4, -0.2) is 30.3 Å². The van der Waals surface area contributed by atoms with Gasteiger partial charge in [0.15, 0.2) is 12.4 Å². The Bertz CT molecular complexity index is 1040. The monoisotopic (exact) mass is 441 g/mol. The fourth-order valence-electron chi connectivity index (χ4n) is 3.71. The summed E-state index contributed by atoms with van der Waals surface area (Å²) in [6.45, 7) is 0.144. The van der Waals surface area contributed by atoms with Gasteiger partial charge in [-0.25, -0.2) is 0 Å². The molecule has 1 atom stereocenters. The van der Waals surface area contributed by atoms with Gasteiger partial charge in [0, 0.05) is 35.5 Å². The van der Waals surface area contributed by atoms with E-state index in [1.54, 1.807) is 22.9 Å². The Morgan fingerprint density at radius 3 is 2.43 bits per heavy atom. The van der Waals surface area contributed by atoms with E-state index in [1.807, 2.05) is 77.6 Å². The van der Waals surface area contributed by atoms with Crippen LogP contribution in [0.3, 0.4) is 0 Å². The summed E-state index contributed by atoms with van der Waals surface area (Å²) in [5, 5.41) is 0.567. The number of hydrogen-bond donors (Lipinski definition) is 0. The minimum Gasteiger partial charge on any atom is -1.00 e. The van der Waals surface area contributed by atoms with Crippen molar-refractivity contribution in [1.29, 1.82) is 0 Å². The average Bonchev–Trinajstić information content (AvgIpc) is 2.84. The molecule has 1 unspecified atom stereocenters. The van der Waals surface area contributed by atoms with Crippen LogP contribution in [0.5, 0.6) is 0 Å². The van der Waals surface area contributed by atoms with Crippen molar-refractivity contribution in [2.24, 2.45) is 0 Å². The third kappa shape index (κ3) is 4.32.